The molecular formula is C16H21F4NO. The number of rotatable bonds is 1. The van der Waals surface area contributed by atoms with Crippen molar-refractivity contribution in [3.63, 3.8) is 0 Å². The van der Waals surface area contributed by atoms with Crippen molar-refractivity contribution < 1.29 is 22.7 Å². The molecule has 1 fully saturated rings. The van der Waals surface area contributed by atoms with Crippen molar-refractivity contribution in [3.8, 4) is 0 Å². The van der Waals surface area contributed by atoms with Gasteiger partial charge in [-0.3, -0.25) is 4.90 Å². The highest BCUT2D eigenvalue weighted by atomic mass is 19.4. The zero-order chi connectivity index (χ0) is 16.8. The van der Waals surface area contributed by atoms with Crippen molar-refractivity contribution in [2.24, 2.45) is 0 Å². The van der Waals surface area contributed by atoms with E-state index in [1.165, 1.54) is 24.3 Å². The third-order valence-corrected chi connectivity index (χ3v) is 4.32. The van der Waals surface area contributed by atoms with Gasteiger partial charge in [-0.1, -0.05) is 12.1 Å². The van der Waals surface area contributed by atoms with Gasteiger partial charge in [0, 0.05) is 24.5 Å². The van der Waals surface area contributed by atoms with Gasteiger partial charge in [-0.25, -0.2) is 4.39 Å². The standard InChI is InChI=1S/C16H21F4NO/c1-14(2,3)21-9-8-15(22,16(18,19)20)10-13(21)11-4-6-12(17)7-5-11/h4-7,13,22H,8-10H2,1-3H3/t13-,15-/m0/s1. The number of hydrogen-bond acceptors (Lipinski definition) is 2. The number of nitrogens with zero attached hydrogens (tertiary/aromatic N) is 1. The largest absolute Gasteiger partial charge is 0.417 e. The number of alkyl halides is 3. The molecule has 1 aromatic carbocycles. The van der Waals surface area contributed by atoms with E-state index in [9.17, 15) is 22.7 Å². The van der Waals surface area contributed by atoms with Gasteiger partial charge in [-0.05, 0) is 44.9 Å². The van der Waals surface area contributed by atoms with Crippen molar-refractivity contribution in [3.05, 3.63) is 35.6 Å². The molecule has 0 bridgehead atoms. The molecule has 2 atom stereocenters. The molecule has 0 radical (unpaired) electrons. The van der Waals surface area contributed by atoms with Crippen LogP contribution in [0.3, 0.4) is 0 Å². The van der Waals surface area contributed by atoms with Gasteiger partial charge in [0.1, 0.15) is 5.82 Å². The molecule has 124 valence electrons. The van der Waals surface area contributed by atoms with E-state index in [4.69, 9.17) is 0 Å². The summed E-state index contributed by atoms with van der Waals surface area (Å²) >= 11 is 0. The van der Waals surface area contributed by atoms with Crippen LogP contribution in [0.25, 0.3) is 0 Å². The van der Waals surface area contributed by atoms with Crippen LogP contribution in [0.15, 0.2) is 24.3 Å². The summed E-state index contributed by atoms with van der Waals surface area (Å²) in [7, 11) is 0. The molecule has 2 rings (SSSR count). The first-order valence-corrected chi connectivity index (χ1v) is 7.25. The van der Waals surface area contributed by atoms with Crippen LogP contribution in [0.4, 0.5) is 17.6 Å². The van der Waals surface area contributed by atoms with E-state index in [1.54, 1.807) is 0 Å². The second-order valence-electron chi connectivity index (χ2n) is 6.92. The Morgan fingerprint density at radius 2 is 1.68 bits per heavy atom. The first kappa shape index (κ1) is 17.2. The first-order valence-electron chi connectivity index (χ1n) is 7.25. The fraction of sp³-hybridized carbons (Fsp3) is 0.625. The van der Waals surface area contributed by atoms with Crippen LogP contribution in [-0.4, -0.2) is 33.9 Å². The van der Waals surface area contributed by atoms with E-state index in [0.29, 0.717) is 5.56 Å². The van der Waals surface area contributed by atoms with E-state index in [1.807, 2.05) is 25.7 Å². The molecule has 0 aromatic heterocycles. The Labute approximate surface area is 127 Å². The maximum atomic E-state index is 13.2. The van der Waals surface area contributed by atoms with Gasteiger partial charge in [0.15, 0.2) is 5.60 Å². The smallest absolute Gasteiger partial charge is 0.380 e. The molecule has 6 heteroatoms. The average molecular weight is 319 g/mol. The quantitative estimate of drug-likeness (QED) is 0.789. The van der Waals surface area contributed by atoms with Gasteiger partial charge >= 0.3 is 6.18 Å². The van der Waals surface area contributed by atoms with E-state index < -0.39 is 30.1 Å². The number of piperidine rings is 1. The van der Waals surface area contributed by atoms with Gasteiger partial charge in [-0.2, -0.15) is 13.2 Å². The van der Waals surface area contributed by atoms with Crippen molar-refractivity contribution >= 4 is 0 Å². The monoisotopic (exact) mass is 319 g/mol. The van der Waals surface area contributed by atoms with Crippen LogP contribution in [0.5, 0.6) is 0 Å². The topological polar surface area (TPSA) is 23.5 Å². The molecule has 0 spiro atoms. The summed E-state index contributed by atoms with van der Waals surface area (Å²) in [6, 6.07) is 4.83. The minimum Gasteiger partial charge on any atom is -0.380 e. The van der Waals surface area contributed by atoms with Crippen LogP contribution >= 0.6 is 0 Å². The Morgan fingerprint density at radius 3 is 2.14 bits per heavy atom. The van der Waals surface area contributed by atoms with Gasteiger partial charge in [0.05, 0.1) is 0 Å². The van der Waals surface area contributed by atoms with Crippen molar-refractivity contribution in [2.45, 2.75) is 57.0 Å². The Morgan fingerprint density at radius 1 is 1.14 bits per heavy atom. The zero-order valence-corrected chi connectivity index (χ0v) is 12.9. The van der Waals surface area contributed by atoms with Crippen LogP contribution in [0.1, 0.15) is 45.2 Å². The number of likely N-dealkylation sites (tertiary alicyclic amines) is 1. The van der Waals surface area contributed by atoms with Crippen molar-refractivity contribution in [1.82, 2.24) is 4.90 Å². The van der Waals surface area contributed by atoms with E-state index in [0.717, 1.165) is 0 Å². The Bertz CT molecular complexity index is 520. The van der Waals surface area contributed by atoms with Crippen molar-refractivity contribution in [1.29, 1.82) is 0 Å². The van der Waals surface area contributed by atoms with E-state index >= 15 is 0 Å². The minimum absolute atomic E-state index is 0.127. The highest BCUT2D eigenvalue weighted by Crippen LogP contribution is 2.47. The summed E-state index contributed by atoms with van der Waals surface area (Å²) in [5, 5.41) is 10.1. The second kappa shape index (κ2) is 5.49. The normalized spacial score (nSPS) is 27.9. The van der Waals surface area contributed by atoms with E-state index in [-0.39, 0.29) is 18.5 Å². The second-order valence-corrected chi connectivity index (χ2v) is 6.92. The molecule has 1 N–H and O–H groups in total. The van der Waals surface area contributed by atoms with Crippen LogP contribution in [0.2, 0.25) is 0 Å². The molecule has 0 amide bonds. The molecule has 1 aliphatic rings. The molecule has 2 nitrogen and oxygen atoms in total. The summed E-state index contributed by atoms with van der Waals surface area (Å²) in [6.45, 7) is 5.88. The molecular weight excluding hydrogens is 298 g/mol. The predicted molar refractivity (Wildman–Crippen MR) is 75.8 cm³/mol. The van der Waals surface area contributed by atoms with Gasteiger partial charge in [0.2, 0.25) is 0 Å². The maximum Gasteiger partial charge on any atom is 0.417 e. The molecule has 1 saturated heterocycles. The first-order chi connectivity index (χ1) is 9.94. The molecule has 1 aromatic rings. The third-order valence-electron chi connectivity index (χ3n) is 4.32. The number of aliphatic hydroxyl groups is 1. The zero-order valence-electron chi connectivity index (χ0n) is 12.9. The maximum absolute atomic E-state index is 13.2. The highest BCUT2D eigenvalue weighted by Gasteiger charge is 2.57. The van der Waals surface area contributed by atoms with E-state index in [2.05, 4.69) is 0 Å². The average Bonchev–Trinajstić information content (AvgIpc) is 2.36. The van der Waals surface area contributed by atoms with Crippen LogP contribution in [0, 0.1) is 5.82 Å². The summed E-state index contributed by atoms with van der Waals surface area (Å²) < 4.78 is 52.6. The lowest BCUT2D eigenvalue weighted by molar-refractivity contribution is -0.281. The summed E-state index contributed by atoms with van der Waals surface area (Å²) in [4.78, 5) is 1.93. The Kier molecular flexibility index (Phi) is 4.30. The molecule has 0 saturated carbocycles. The SMILES string of the molecule is CC(C)(C)N1CC[C@@](O)(C(F)(F)F)C[C@H]1c1ccc(F)cc1. The summed E-state index contributed by atoms with van der Waals surface area (Å²) in [5.41, 5.74) is -2.47. The third kappa shape index (κ3) is 3.27. The molecule has 0 aliphatic carbocycles. The van der Waals surface area contributed by atoms with Crippen molar-refractivity contribution in [2.75, 3.05) is 6.54 Å². The van der Waals surface area contributed by atoms with Gasteiger partial charge in [0.25, 0.3) is 0 Å². The fourth-order valence-electron chi connectivity index (χ4n) is 3.04. The highest BCUT2D eigenvalue weighted by molar-refractivity contribution is 5.22. The number of benzene rings is 1. The number of halogens is 4. The summed E-state index contributed by atoms with van der Waals surface area (Å²) in [6.07, 6.45) is -5.47. The lowest BCUT2D eigenvalue weighted by atomic mass is 9.80. The lowest BCUT2D eigenvalue weighted by Gasteiger charge is -2.50. The molecule has 0 unspecified atom stereocenters. The minimum atomic E-state index is -4.67. The Balaban J connectivity index is 2.39. The van der Waals surface area contributed by atoms with Gasteiger partial charge in [-0.15, -0.1) is 0 Å². The molecule has 1 aliphatic heterocycles. The fourth-order valence-corrected chi connectivity index (χ4v) is 3.04. The molecule has 1 heterocycles. The predicted octanol–water partition coefficient (Wildman–Crippen LogP) is 4.05. The number of hydrogen-bond donors (Lipinski definition) is 1. The molecule has 22 heavy (non-hydrogen) atoms. The van der Waals surface area contributed by atoms with Gasteiger partial charge < -0.3 is 5.11 Å². The van der Waals surface area contributed by atoms with Crippen LogP contribution < -0.4 is 0 Å². The lowest BCUT2D eigenvalue weighted by Crippen LogP contribution is -2.58. The van der Waals surface area contributed by atoms with Crippen LogP contribution in [-0.2, 0) is 0 Å². The Hall–Kier alpha value is -1.14. The summed E-state index contributed by atoms with van der Waals surface area (Å²) in [5.74, 6) is -0.437.